The van der Waals surface area contributed by atoms with Crippen molar-refractivity contribution in [1.82, 2.24) is 25.1 Å². The van der Waals surface area contributed by atoms with Crippen LogP contribution in [-0.4, -0.2) is 71.6 Å². The molecule has 10 heteroatoms. The number of ether oxygens (including phenoxy) is 2. The number of methoxy groups -OCH3 is 1. The average molecular weight is 574 g/mol. The molecule has 222 valence electrons. The fourth-order valence-corrected chi connectivity index (χ4v) is 4.72. The first-order chi connectivity index (χ1) is 20.4. The van der Waals surface area contributed by atoms with Crippen LogP contribution >= 0.6 is 0 Å². The summed E-state index contributed by atoms with van der Waals surface area (Å²) in [6, 6.07) is 14.4. The lowest BCUT2D eigenvalue weighted by Crippen LogP contribution is -2.52. The lowest BCUT2D eigenvalue weighted by Gasteiger charge is -2.25. The average Bonchev–Trinajstić information content (AvgIpc) is 3.46. The standard InChI is InChI=1S/C32H39N5O5/c1-23(2)30-32(40)34-15-7-17-36-19-16-33-31(36)25-12-13-26(41-3)27(21-25)42-20-8-18-37(22-28(38)35-30)29(39)14-11-24-9-5-4-6-10-24/h4-6,9-14,16,19,21,23,30H,7-8,15,17-18,20,22H2,1-3H3,(H,34,40)(H,35,38)/b14-11+/t30-/m1/s1. The number of benzene rings is 2. The number of aromatic nitrogens is 2. The number of nitrogens with one attached hydrogen (secondary N) is 2. The SMILES string of the molecule is COc1ccc2cc1OCCCN(C(=O)/C=C/c1ccccc1)CC(=O)N[C@H](C(C)C)C(=O)NCCCn1ccnc1-2. The summed E-state index contributed by atoms with van der Waals surface area (Å²) in [6.45, 7) is 5.21. The molecule has 0 fully saturated rings. The predicted octanol–water partition coefficient (Wildman–Crippen LogP) is 3.53. The molecule has 4 rings (SSSR count). The largest absolute Gasteiger partial charge is 0.493 e. The molecule has 0 aliphatic carbocycles. The van der Waals surface area contributed by atoms with Gasteiger partial charge in [-0.2, -0.15) is 0 Å². The number of fused-ring (bicyclic) bond motifs is 4. The van der Waals surface area contributed by atoms with Gasteiger partial charge in [0, 0.05) is 43.7 Å². The van der Waals surface area contributed by atoms with E-state index in [1.807, 2.05) is 73.1 Å². The monoisotopic (exact) mass is 573 g/mol. The van der Waals surface area contributed by atoms with E-state index in [-0.39, 0.29) is 30.8 Å². The van der Waals surface area contributed by atoms with E-state index in [1.165, 1.54) is 11.0 Å². The molecule has 1 atom stereocenters. The molecule has 0 saturated carbocycles. The second-order valence-corrected chi connectivity index (χ2v) is 10.4. The molecular weight excluding hydrogens is 534 g/mol. The first-order valence-electron chi connectivity index (χ1n) is 14.3. The molecule has 3 aromatic rings. The normalized spacial score (nSPS) is 17.3. The Kier molecular flexibility index (Phi) is 10.7. The Morgan fingerprint density at radius 1 is 1.12 bits per heavy atom. The lowest BCUT2D eigenvalue weighted by atomic mass is 10.0. The van der Waals surface area contributed by atoms with Crippen LogP contribution in [-0.2, 0) is 20.9 Å². The Bertz CT molecular complexity index is 1380. The van der Waals surface area contributed by atoms with E-state index < -0.39 is 11.9 Å². The molecule has 42 heavy (non-hydrogen) atoms. The van der Waals surface area contributed by atoms with Crippen LogP contribution in [0.2, 0.25) is 0 Å². The van der Waals surface area contributed by atoms with E-state index in [2.05, 4.69) is 15.6 Å². The lowest BCUT2D eigenvalue weighted by molar-refractivity contribution is -0.134. The minimum absolute atomic E-state index is 0.139. The number of carbonyl (C=O) groups is 3. The Labute approximate surface area is 246 Å². The third-order valence-corrected chi connectivity index (χ3v) is 6.97. The molecule has 0 unspecified atom stereocenters. The Morgan fingerprint density at radius 2 is 1.93 bits per heavy atom. The summed E-state index contributed by atoms with van der Waals surface area (Å²) >= 11 is 0. The Morgan fingerprint density at radius 3 is 2.69 bits per heavy atom. The van der Waals surface area contributed by atoms with Gasteiger partial charge in [-0.3, -0.25) is 14.4 Å². The minimum Gasteiger partial charge on any atom is -0.493 e. The van der Waals surface area contributed by atoms with Crippen LogP contribution in [0.3, 0.4) is 0 Å². The molecule has 1 aliphatic rings. The smallest absolute Gasteiger partial charge is 0.247 e. The van der Waals surface area contributed by atoms with Crippen molar-refractivity contribution in [3.63, 3.8) is 0 Å². The van der Waals surface area contributed by atoms with Gasteiger partial charge in [-0.05, 0) is 48.6 Å². The van der Waals surface area contributed by atoms with Crippen molar-refractivity contribution < 1.29 is 23.9 Å². The van der Waals surface area contributed by atoms with Crippen LogP contribution in [0.1, 0.15) is 32.3 Å². The van der Waals surface area contributed by atoms with E-state index in [0.29, 0.717) is 44.0 Å². The minimum atomic E-state index is -0.725. The number of hydrogen-bond donors (Lipinski definition) is 2. The molecule has 0 radical (unpaired) electrons. The number of aryl methyl sites for hydroxylation is 1. The number of hydrogen-bond acceptors (Lipinski definition) is 6. The Hall–Kier alpha value is -4.60. The maximum Gasteiger partial charge on any atom is 0.247 e. The maximum absolute atomic E-state index is 13.2. The molecule has 2 N–H and O–H groups in total. The molecule has 2 aromatic carbocycles. The molecule has 1 aliphatic heterocycles. The molecular formula is C32H39N5O5. The summed E-state index contributed by atoms with van der Waals surface area (Å²) in [5, 5.41) is 5.79. The summed E-state index contributed by atoms with van der Waals surface area (Å²) in [4.78, 5) is 45.3. The van der Waals surface area contributed by atoms with Crippen LogP contribution in [0.15, 0.2) is 67.0 Å². The number of imidazole rings is 1. The van der Waals surface area contributed by atoms with Crippen LogP contribution in [0.5, 0.6) is 11.5 Å². The number of carbonyl (C=O) groups excluding carboxylic acids is 3. The number of amides is 3. The van der Waals surface area contributed by atoms with Crippen molar-refractivity contribution in [3.8, 4) is 22.9 Å². The van der Waals surface area contributed by atoms with Gasteiger partial charge < -0.3 is 29.6 Å². The van der Waals surface area contributed by atoms with Crippen LogP contribution in [0.25, 0.3) is 17.5 Å². The predicted molar refractivity (Wildman–Crippen MR) is 161 cm³/mol. The second-order valence-electron chi connectivity index (χ2n) is 10.4. The van der Waals surface area contributed by atoms with Gasteiger partial charge in [0.1, 0.15) is 11.9 Å². The summed E-state index contributed by atoms with van der Waals surface area (Å²) in [5.41, 5.74) is 1.75. The third kappa shape index (κ3) is 8.22. The van der Waals surface area contributed by atoms with Crippen molar-refractivity contribution in [1.29, 1.82) is 0 Å². The van der Waals surface area contributed by atoms with Crippen molar-refractivity contribution >= 4 is 23.8 Å². The summed E-state index contributed by atoms with van der Waals surface area (Å²) in [6.07, 6.45) is 7.96. The van der Waals surface area contributed by atoms with E-state index >= 15 is 0 Å². The highest BCUT2D eigenvalue weighted by atomic mass is 16.5. The highest BCUT2D eigenvalue weighted by Crippen LogP contribution is 2.32. The van der Waals surface area contributed by atoms with E-state index in [4.69, 9.17) is 9.47 Å². The van der Waals surface area contributed by atoms with E-state index in [0.717, 1.165) is 17.0 Å². The van der Waals surface area contributed by atoms with Gasteiger partial charge >= 0.3 is 0 Å². The van der Waals surface area contributed by atoms with Gasteiger partial charge in [-0.25, -0.2) is 4.98 Å². The van der Waals surface area contributed by atoms with Gasteiger partial charge in [0.15, 0.2) is 11.5 Å². The van der Waals surface area contributed by atoms with Crippen LogP contribution in [0, 0.1) is 5.92 Å². The van der Waals surface area contributed by atoms with Gasteiger partial charge in [0.2, 0.25) is 17.7 Å². The van der Waals surface area contributed by atoms with Crippen molar-refractivity contribution in [3.05, 3.63) is 72.6 Å². The molecule has 10 nitrogen and oxygen atoms in total. The first kappa shape index (κ1) is 30.4. The molecule has 2 bridgehead atoms. The van der Waals surface area contributed by atoms with E-state index in [1.54, 1.807) is 19.4 Å². The topological polar surface area (TPSA) is 115 Å². The molecule has 0 saturated heterocycles. The van der Waals surface area contributed by atoms with Gasteiger partial charge in [0.05, 0.1) is 20.3 Å². The molecule has 3 amide bonds. The zero-order valence-corrected chi connectivity index (χ0v) is 24.4. The van der Waals surface area contributed by atoms with Gasteiger partial charge in [-0.15, -0.1) is 0 Å². The molecule has 2 heterocycles. The van der Waals surface area contributed by atoms with E-state index in [9.17, 15) is 14.4 Å². The zero-order valence-electron chi connectivity index (χ0n) is 24.4. The first-order valence-corrected chi connectivity index (χ1v) is 14.3. The summed E-state index contributed by atoms with van der Waals surface area (Å²) in [7, 11) is 1.58. The van der Waals surface area contributed by atoms with Crippen molar-refractivity contribution in [2.75, 3.05) is 33.4 Å². The zero-order chi connectivity index (χ0) is 29.9. The molecule has 0 spiro atoms. The highest BCUT2D eigenvalue weighted by molar-refractivity contribution is 5.95. The fraction of sp³-hybridized carbons (Fsp3) is 0.375. The summed E-state index contributed by atoms with van der Waals surface area (Å²) in [5.74, 6) is 0.828. The Balaban J connectivity index is 1.57. The quantitative estimate of drug-likeness (QED) is 0.462. The van der Waals surface area contributed by atoms with Crippen molar-refractivity contribution in [2.45, 2.75) is 39.3 Å². The van der Waals surface area contributed by atoms with Gasteiger partial charge in [0.25, 0.3) is 0 Å². The molecule has 1 aromatic heterocycles. The number of nitrogens with zero attached hydrogens (tertiary/aromatic N) is 3. The highest BCUT2D eigenvalue weighted by Gasteiger charge is 2.25. The van der Waals surface area contributed by atoms with Crippen LogP contribution in [0.4, 0.5) is 0 Å². The third-order valence-electron chi connectivity index (χ3n) is 6.97. The second kappa shape index (κ2) is 14.9. The fourth-order valence-electron chi connectivity index (χ4n) is 4.72. The van der Waals surface area contributed by atoms with Crippen LogP contribution < -0.4 is 20.1 Å². The maximum atomic E-state index is 13.2. The summed E-state index contributed by atoms with van der Waals surface area (Å²) < 4.78 is 13.6. The van der Waals surface area contributed by atoms with Gasteiger partial charge in [-0.1, -0.05) is 44.2 Å². The van der Waals surface area contributed by atoms with Crippen molar-refractivity contribution in [2.24, 2.45) is 5.92 Å². The number of rotatable bonds is 4.